The fourth-order valence-corrected chi connectivity index (χ4v) is 2.37. The lowest BCUT2D eigenvalue weighted by atomic mass is 10.1. The quantitative estimate of drug-likeness (QED) is 0.715. The monoisotopic (exact) mass is 326 g/mol. The van der Waals surface area contributed by atoms with E-state index in [0.717, 1.165) is 0 Å². The molecule has 0 unspecified atom stereocenters. The van der Waals surface area contributed by atoms with Crippen LogP contribution >= 0.6 is 0 Å². The van der Waals surface area contributed by atoms with E-state index < -0.39 is 11.7 Å². The second-order valence-corrected chi connectivity index (χ2v) is 5.11. The number of aromatic amines is 1. The molecule has 0 aliphatic rings. The average Bonchev–Trinajstić information content (AvgIpc) is 2.94. The first-order chi connectivity index (χ1) is 11.6. The van der Waals surface area contributed by atoms with Gasteiger partial charge in [0.2, 0.25) is 5.91 Å². The zero-order chi connectivity index (χ0) is 17.1. The Morgan fingerprint density at radius 2 is 2.00 bits per heavy atom. The number of esters is 1. The van der Waals surface area contributed by atoms with E-state index in [1.807, 2.05) is 0 Å². The summed E-state index contributed by atoms with van der Waals surface area (Å²) in [7, 11) is 1.28. The molecule has 7 heteroatoms. The molecule has 3 rings (SSSR count). The van der Waals surface area contributed by atoms with E-state index in [0.29, 0.717) is 22.4 Å². The topological polar surface area (TPSA) is 101 Å². The van der Waals surface area contributed by atoms with Gasteiger partial charge in [0.05, 0.1) is 30.3 Å². The fraction of sp³-hybridized carbons (Fsp3) is 0.118. The lowest BCUT2D eigenvalue weighted by Crippen LogP contribution is -2.17. The standard InChI is InChI=1S/C17H14N2O5/c1-23-16(21)11-4-2-3-5-12(11)18-15(20)9-10-6-7-14-13(8-10)19-17(22)24-14/h2-8H,9H2,1H3,(H,18,20)(H,19,22). The molecule has 0 aliphatic carbocycles. The number of hydrogen-bond donors (Lipinski definition) is 2. The minimum Gasteiger partial charge on any atom is -0.465 e. The number of hydrogen-bond acceptors (Lipinski definition) is 5. The summed E-state index contributed by atoms with van der Waals surface area (Å²) >= 11 is 0. The Kier molecular flexibility index (Phi) is 4.15. The number of carbonyl (C=O) groups excluding carboxylic acids is 2. The van der Waals surface area contributed by atoms with Crippen molar-refractivity contribution in [2.24, 2.45) is 0 Å². The summed E-state index contributed by atoms with van der Waals surface area (Å²) in [5.74, 6) is -1.36. The molecule has 0 saturated heterocycles. The van der Waals surface area contributed by atoms with Gasteiger partial charge in [-0.25, -0.2) is 9.59 Å². The Labute approximate surface area is 136 Å². The number of amides is 1. The molecule has 1 aromatic heterocycles. The summed E-state index contributed by atoms with van der Waals surface area (Å²) in [5.41, 5.74) is 2.32. The molecule has 2 aromatic carbocycles. The minimum atomic E-state index is -0.543. The van der Waals surface area contributed by atoms with Crippen molar-refractivity contribution in [1.82, 2.24) is 4.98 Å². The van der Waals surface area contributed by atoms with E-state index in [4.69, 9.17) is 9.15 Å². The number of H-pyrrole nitrogens is 1. The van der Waals surface area contributed by atoms with Gasteiger partial charge in [0, 0.05) is 0 Å². The molecule has 0 fully saturated rings. The highest BCUT2D eigenvalue weighted by atomic mass is 16.5. The smallest absolute Gasteiger partial charge is 0.417 e. The van der Waals surface area contributed by atoms with E-state index in [1.165, 1.54) is 7.11 Å². The maximum absolute atomic E-state index is 12.2. The van der Waals surface area contributed by atoms with Gasteiger partial charge < -0.3 is 14.5 Å². The molecule has 122 valence electrons. The second-order valence-electron chi connectivity index (χ2n) is 5.11. The molecule has 1 amide bonds. The number of methoxy groups -OCH3 is 1. The predicted molar refractivity (Wildman–Crippen MR) is 86.9 cm³/mol. The summed E-state index contributed by atoms with van der Waals surface area (Å²) in [6.45, 7) is 0. The fourth-order valence-electron chi connectivity index (χ4n) is 2.37. The lowest BCUT2D eigenvalue weighted by molar-refractivity contribution is -0.115. The van der Waals surface area contributed by atoms with Gasteiger partial charge in [0.15, 0.2) is 5.58 Å². The first-order valence-electron chi connectivity index (χ1n) is 7.16. The number of fused-ring (bicyclic) bond motifs is 1. The van der Waals surface area contributed by atoms with Crippen LogP contribution in [0.1, 0.15) is 15.9 Å². The van der Waals surface area contributed by atoms with Crippen LogP contribution in [0.2, 0.25) is 0 Å². The third-order valence-corrected chi connectivity index (χ3v) is 3.45. The Bertz CT molecular complexity index is 970. The van der Waals surface area contributed by atoms with Crippen molar-refractivity contribution in [3.8, 4) is 0 Å². The number of aromatic nitrogens is 1. The number of rotatable bonds is 4. The average molecular weight is 326 g/mol. The van der Waals surface area contributed by atoms with Crippen LogP contribution in [-0.4, -0.2) is 24.0 Å². The maximum Gasteiger partial charge on any atom is 0.417 e. The van der Waals surface area contributed by atoms with Crippen LogP contribution in [0, 0.1) is 0 Å². The van der Waals surface area contributed by atoms with Gasteiger partial charge in [-0.1, -0.05) is 18.2 Å². The Morgan fingerprint density at radius 1 is 1.21 bits per heavy atom. The third kappa shape index (κ3) is 3.19. The summed E-state index contributed by atoms with van der Waals surface area (Å²) < 4.78 is 9.61. The van der Waals surface area contributed by atoms with Crippen LogP contribution in [0.3, 0.4) is 0 Å². The van der Waals surface area contributed by atoms with Crippen LogP contribution in [0.5, 0.6) is 0 Å². The summed E-state index contributed by atoms with van der Waals surface area (Å²) in [6, 6.07) is 11.6. The molecule has 0 spiro atoms. The molecule has 0 radical (unpaired) electrons. The second kappa shape index (κ2) is 6.41. The molecular weight excluding hydrogens is 312 g/mol. The van der Waals surface area contributed by atoms with Crippen molar-refractivity contribution >= 4 is 28.7 Å². The van der Waals surface area contributed by atoms with E-state index >= 15 is 0 Å². The Hall–Kier alpha value is -3.35. The number of nitrogens with one attached hydrogen (secondary N) is 2. The Morgan fingerprint density at radius 3 is 2.79 bits per heavy atom. The molecular formula is C17H14N2O5. The van der Waals surface area contributed by atoms with Crippen LogP contribution in [0.4, 0.5) is 5.69 Å². The number of anilines is 1. The number of ether oxygens (including phenoxy) is 1. The number of benzene rings is 2. The molecule has 2 N–H and O–H groups in total. The highest BCUT2D eigenvalue weighted by molar-refractivity contribution is 6.01. The largest absolute Gasteiger partial charge is 0.465 e. The zero-order valence-electron chi connectivity index (χ0n) is 12.8. The van der Waals surface area contributed by atoms with E-state index in [2.05, 4.69) is 10.3 Å². The van der Waals surface area contributed by atoms with Gasteiger partial charge in [-0.2, -0.15) is 0 Å². The molecule has 0 atom stereocenters. The lowest BCUT2D eigenvalue weighted by Gasteiger charge is -2.09. The molecule has 3 aromatic rings. The summed E-state index contributed by atoms with van der Waals surface area (Å²) in [6.07, 6.45) is 0.0820. The molecule has 1 heterocycles. The van der Waals surface area contributed by atoms with Crippen molar-refractivity contribution < 1.29 is 18.7 Å². The SMILES string of the molecule is COC(=O)c1ccccc1NC(=O)Cc1ccc2oc(=O)[nH]c2c1. The van der Waals surface area contributed by atoms with Gasteiger partial charge in [-0.05, 0) is 29.8 Å². The van der Waals surface area contributed by atoms with Crippen molar-refractivity contribution in [2.75, 3.05) is 12.4 Å². The first kappa shape index (κ1) is 15.5. The normalized spacial score (nSPS) is 10.5. The predicted octanol–water partition coefficient (Wildman–Crippen LogP) is 2.09. The van der Waals surface area contributed by atoms with Gasteiger partial charge >= 0.3 is 11.7 Å². The molecule has 0 aliphatic heterocycles. The van der Waals surface area contributed by atoms with Gasteiger partial charge in [-0.15, -0.1) is 0 Å². The van der Waals surface area contributed by atoms with E-state index in [9.17, 15) is 14.4 Å². The van der Waals surface area contributed by atoms with Gasteiger partial charge in [0.25, 0.3) is 0 Å². The van der Waals surface area contributed by atoms with Crippen molar-refractivity contribution in [2.45, 2.75) is 6.42 Å². The highest BCUT2D eigenvalue weighted by Gasteiger charge is 2.14. The minimum absolute atomic E-state index is 0.0820. The molecule has 0 saturated carbocycles. The summed E-state index contributed by atoms with van der Waals surface area (Å²) in [5, 5.41) is 2.69. The number of para-hydroxylation sites is 1. The molecule has 24 heavy (non-hydrogen) atoms. The van der Waals surface area contributed by atoms with Crippen molar-refractivity contribution in [3.63, 3.8) is 0 Å². The summed E-state index contributed by atoms with van der Waals surface area (Å²) in [4.78, 5) is 37.6. The third-order valence-electron chi connectivity index (χ3n) is 3.45. The van der Waals surface area contributed by atoms with E-state index in [1.54, 1.807) is 42.5 Å². The highest BCUT2D eigenvalue weighted by Crippen LogP contribution is 2.17. The number of oxazole rings is 1. The Balaban J connectivity index is 1.77. The van der Waals surface area contributed by atoms with Crippen molar-refractivity contribution in [3.05, 3.63) is 64.1 Å². The zero-order valence-corrected chi connectivity index (χ0v) is 12.8. The van der Waals surface area contributed by atoms with Crippen LogP contribution in [-0.2, 0) is 16.0 Å². The first-order valence-corrected chi connectivity index (χ1v) is 7.16. The van der Waals surface area contributed by atoms with Crippen LogP contribution in [0.25, 0.3) is 11.1 Å². The molecule has 0 bridgehead atoms. The number of carbonyl (C=O) groups is 2. The van der Waals surface area contributed by atoms with Crippen LogP contribution < -0.4 is 11.1 Å². The van der Waals surface area contributed by atoms with Gasteiger partial charge in [0.1, 0.15) is 0 Å². The maximum atomic E-state index is 12.2. The van der Waals surface area contributed by atoms with Gasteiger partial charge in [-0.3, -0.25) is 9.78 Å². The molecule has 7 nitrogen and oxygen atoms in total. The van der Waals surface area contributed by atoms with E-state index in [-0.39, 0.29) is 17.9 Å². The van der Waals surface area contributed by atoms with Crippen molar-refractivity contribution in [1.29, 1.82) is 0 Å². The van der Waals surface area contributed by atoms with Crippen LogP contribution in [0.15, 0.2) is 51.7 Å².